The third-order valence-electron chi connectivity index (χ3n) is 4.23. The molecule has 2 aliphatic carbocycles. The second-order valence-corrected chi connectivity index (χ2v) is 7.37. The summed E-state index contributed by atoms with van der Waals surface area (Å²) in [5, 5.41) is 0. The van der Waals surface area contributed by atoms with Crippen LogP contribution in [-0.2, 0) is 4.79 Å². The predicted molar refractivity (Wildman–Crippen MR) is 147 cm³/mol. The maximum Gasteiger partial charge on any atom is 0.135 e. The van der Waals surface area contributed by atoms with Gasteiger partial charge >= 0.3 is 0 Å². The molecule has 0 aromatic rings. The summed E-state index contributed by atoms with van der Waals surface area (Å²) in [6.07, 6.45) is 12.2. The fraction of sp³-hybridized carbons (Fsp3) is 0.966. The van der Waals surface area contributed by atoms with Crippen molar-refractivity contribution in [1.29, 1.82) is 0 Å². The van der Waals surface area contributed by atoms with Crippen LogP contribution >= 0.6 is 0 Å². The van der Waals surface area contributed by atoms with E-state index in [1.54, 1.807) is 0 Å². The molecular formula is C29H68O. The lowest BCUT2D eigenvalue weighted by Gasteiger charge is -2.01. The molecule has 0 N–H and O–H groups in total. The molecule has 30 heavy (non-hydrogen) atoms. The topological polar surface area (TPSA) is 17.1 Å². The Morgan fingerprint density at radius 2 is 1.00 bits per heavy atom. The third kappa shape index (κ3) is 46.1. The van der Waals surface area contributed by atoms with E-state index in [1.807, 2.05) is 83.1 Å². The van der Waals surface area contributed by atoms with Gasteiger partial charge in [-0.05, 0) is 24.2 Å². The van der Waals surface area contributed by atoms with E-state index in [4.69, 9.17) is 0 Å². The van der Waals surface area contributed by atoms with Crippen LogP contribution in [0.3, 0.4) is 0 Å². The summed E-state index contributed by atoms with van der Waals surface area (Å²) in [6.45, 7) is 28.6. The Kier molecular flexibility index (Phi) is 56.8. The average molecular weight is 433 g/mol. The van der Waals surface area contributed by atoms with Gasteiger partial charge in [0.05, 0.1) is 0 Å². The largest absolute Gasteiger partial charge is 0.299 e. The first-order chi connectivity index (χ1) is 14.0. The van der Waals surface area contributed by atoms with Crippen LogP contribution < -0.4 is 0 Å². The van der Waals surface area contributed by atoms with E-state index in [1.165, 1.54) is 44.9 Å². The molecule has 2 saturated carbocycles. The monoisotopic (exact) mass is 433 g/mol. The highest BCUT2D eigenvalue weighted by molar-refractivity contribution is 5.80. The molecule has 2 rings (SSSR count). The number of ketones is 1. The SMILES string of the molecule is C.CC.CC.CC.CC.CC.CC(C)C(=O)CCC1CC1.CC(C)CCCC1CC1. The maximum atomic E-state index is 11.1. The Bertz CT molecular complexity index is 245. The molecule has 0 bridgehead atoms. The lowest BCUT2D eigenvalue weighted by atomic mass is 10.0. The quantitative estimate of drug-likeness (QED) is 0.372. The van der Waals surface area contributed by atoms with Gasteiger partial charge in [0.15, 0.2) is 0 Å². The summed E-state index contributed by atoms with van der Waals surface area (Å²) < 4.78 is 0. The summed E-state index contributed by atoms with van der Waals surface area (Å²) >= 11 is 0. The molecule has 0 aromatic carbocycles. The number of hydrogen-bond donors (Lipinski definition) is 0. The van der Waals surface area contributed by atoms with Crippen LogP contribution in [0.4, 0.5) is 0 Å². The van der Waals surface area contributed by atoms with E-state index in [9.17, 15) is 4.79 Å². The van der Waals surface area contributed by atoms with Crippen molar-refractivity contribution in [2.24, 2.45) is 23.7 Å². The number of Topliss-reactive ketones (excluding diaryl/α,β-unsaturated/α-hetero) is 1. The minimum absolute atomic E-state index is 0. The lowest BCUT2D eigenvalue weighted by Crippen LogP contribution is -2.06. The Morgan fingerprint density at radius 1 is 0.667 bits per heavy atom. The molecule has 1 heteroatoms. The molecule has 0 aromatic heterocycles. The molecule has 2 aliphatic rings. The van der Waals surface area contributed by atoms with Gasteiger partial charge in [0.25, 0.3) is 0 Å². The first-order valence-electron chi connectivity index (χ1n) is 13.5. The third-order valence-corrected chi connectivity index (χ3v) is 4.23. The zero-order valence-corrected chi connectivity index (χ0v) is 23.6. The molecule has 0 spiro atoms. The number of rotatable bonds is 8. The zero-order valence-electron chi connectivity index (χ0n) is 23.6. The molecule has 0 amide bonds. The molecule has 0 heterocycles. The van der Waals surface area contributed by atoms with Gasteiger partial charge in [0.2, 0.25) is 0 Å². The van der Waals surface area contributed by atoms with E-state index in [2.05, 4.69) is 13.8 Å². The first kappa shape index (κ1) is 43.5. The molecule has 0 saturated heterocycles. The van der Waals surface area contributed by atoms with Crippen molar-refractivity contribution in [2.75, 3.05) is 0 Å². The van der Waals surface area contributed by atoms with E-state index in [-0.39, 0.29) is 13.3 Å². The number of carbonyl (C=O) groups is 1. The normalized spacial score (nSPS) is 12.7. The molecule has 0 aliphatic heterocycles. The predicted octanol–water partition coefficient (Wildman–Crippen LogP) is 11.4. The summed E-state index contributed by atoms with van der Waals surface area (Å²) in [5.74, 6) is 3.65. The van der Waals surface area contributed by atoms with Crippen LogP contribution in [0.1, 0.15) is 162 Å². The van der Waals surface area contributed by atoms with Gasteiger partial charge in [0, 0.05) is 12.3 Å². The van der Waals surface area contributed by atoms with Crippen LogP contribution in [-0.4, -0.2) is 5.78 Å². The fourth-order valence-corrected chi connectivity index (χ4v) is 2.26. The highest BCUT2D eigenvalue weighted by Gasteiger charge is 2.22. The van der Waals surface area contributed by atoms with E-state index in [0.29, 0.717) is 5.78 Å². The molecule has 2 fully saturated rings. The van der Waals surface area contributed by atoms with Crippen molar-refractivity contribution in [3.63, 3.8) is 0 Å². The average Bonchev–Trinajstić information content (AvgIpc) is 3.69. The molecular weight excluding hydrogens is 364 g/mol. The Labute approximate surface area is 196 Å². The van der Waals surface area contributed by atoms with E-state index in [0.717, 1.165) is 30.6 Å². The Hall–Kier alpha value is -0.330. The summed E-state index contributed by atoms with van der Waals surface area (Å²) in [5.41, 5.74) is 0. The van der Waals surface area contributed by atoms with Crippen LogP contribution in [0.25, 0.3) is 0 Å². The van der Waals surface area contributed by atoms with Gasteiger partial charge in [-0.3, -0.25) is 4.79 Å². The summed E-state index contributed by atoms with van der Waals surface area (Å²) in [6, 6.07) is 0. The van der Waals surface area contributed by atoms with Crippen molar-refractivity contribution in [3.8, 4) is 0 Å². The van der Waals surface area contributed by atoms with E-state index < -0.39 is 0 Å². The minimum Gasteiger partial charge on any atom is -0.299 e. The van der Waals surface area contributed by atoms with Crippen molar-refractivity contribution < 1.29 is 4.79 Å². The number of carbonyl (C=O) groups excluding carboxylic acids is 1. The smallest absolute Gasteiger partial charge is 0.135 e. The van der Waals surface area contributed by atoms with Gasteiger partial charge in [-0.1, -0.05) is 149 Å². The second-order valence-electron chi connectivity index (χ2n) is 7.37. The van der Waals surface area contributed by atoms with Crippen molar-refractivity contribution in [2.45, 2.75) is 162 Å². The summed E-state index contributed by atoms with van der Waals surface area (Å²) in [4.78, 5) is 11.1. The van der Waals surface area contributed by atoms with Crippen molar-refractivity contribution in [1.82, 2.24) is 0 Å². The highest BCUT2D eigenvalue weighted by Crippen LogP contribution is 2.34. The minimum atomic E-state index is 0. The van der Waals surface area contributed by atoms with Gasteiger partial charge in [0.1, 0.15) is 5.78 Å². The molecule has 0 atom stereocenters. The van der Waals surface area contributed by atoms with Gasteiger partial charge < -0.3 is 0 Å². The molecule has 0 radical (unpaired) electrons. The van der Waals surface area contributed by atoms with Crippen molar-refractivity contribution in [3.05, 3.63) is 0 Å². The molecule has 0 unspecified atom stereocenters. The fourth-order valence-electron chi connectivity index (χ4n) is 2.26. The molecule has 190 valence electrons. The van der Waals surface area contributed by atoms with Crippen molar-refractivity contribution >= 4 is 5.78 Å². The van der Waals surface area contributed by atoms with Crippen LogP contribution in [0.2, 0.25) is 0 Å². The Morgan fingerprint density at radius 3 is 1.27 bits per heavy atom. The van der Waals surface area contributed by atoms with Crippen LogP contribution in [0.15, 0.2) is 0 Å². The van der Waals surface area contributed by atoms with Crippen LogP contribution in [0, 0.1) is 23.7 Å². The van der Waals surface area contributed by atoms with Gasteiger partial charge in [-0.25, -0.2) is 0 Å². The zero-order chi connectivity index (χ0) is 24.3. The van der Waals surface area contributed by atoms with E-state index >= 15 is 0 Å². The highest BCUT2D eigenvalue weighted by atomic mass is 16.1. The van der Waals surface area contributed by atoms with Gasteiger partial charge in [-0.15, -0.1) is 0 Å². The molecule has 1 nitrogen and oxygen atoms in total. The van der Waals surface area contributed by atoms with Crippen LogP contribution in [0.5, 0.6) is 0 Å². The first-order valence-corrected chi connectivity index (χ1v) is 13.5. The maximum absolute atomic E-state index is 11.1. The number of hydrogen-bond acceptors (Lipinski definition) is 1. The standard InChI is InChI=1S/C9H16O.C9H18.5C2H6.CH4/c1-7(2)9(10)6-5-8-3-4-8;1-8(2)4-3-5-9-6-7-9;5*1-2;/h7-8H,3-6H2,1-2H3;8-9H,3-7H2,1-2H3;5*1-2H3;1H4. The Balaban J connectivity index is -0.0000000664. The lowest BCUT2D eigenvalue weighted by molar-refractivity contribution is -0.122. The van der Waals surface area contributed by atoms with Gasteiger partial charge in [-0.2, -0.15) is 0 Å². The second kappa shape index (κ2) is 39.2. The summed E-state index contributed by atoms with van der Waals surface area (Å²) in [7, 11) is 0.